The van der Waals surface area contributed by atoms with Crippen molar-refractivity contribution in [1.82, 2.24) is 9.80 Å². The van der Waals surface area contributed by atoms with Crippen molar-refractivity contribution in [3.8, 4) is 0 Å². The molecule has 0 radical (unpaired) electrons. The molecule has 92 valence electrons. The number of unbranched alkanes of at least 4 members (excludes halogenated alkanes) is 1. The van der Waals surface area contributed by atoms with E-state index in [0.717, 1.165) is 52.1 Å². The maximum atomic E-state index is 5.53. The molecule has 0 aromatic heterocycles. The molecule has 0 aromatic rings. The van der Waals surface area contributed by atoms with E-state index in [0.29, 0.717) is 0 Å². The van der Waals surface area contributed by atoms with Crippen LogP contribution in [0.5, 0.6) is 0 Å². The van der Waals surface area contributed by atoms with Gasteiger partial charge in [0.15, 0.2) is 0 Å². The van der Waals surface area contributed by atoms with Crippen LogP contribution in [-0.2, 0) is 0 Å². The van der Waals surface area contributed by atoms with Crippen molar-refractivity contribution in [2.24, 2.45) is 11.5 Å². The van der Waals surface area contributed by atoms with Gasteiger partial charge in [0.2, 0.25) is 0 Å². The Morgan fingerprint density at radius 3 is 1.87 bits per heavy atom. The van der Waals surface area contributed by atoms with Gasteiger partial charge in [-0.25, -0.2) is 0 Å². The second-order valence-electron chi connectivity index (χ2n) is 4.28. The molecule has 0 aliphatic heterocycles. The summed E-state index contributed by atoms with van der Waals surface area (Å²) in [6, 6.07) is 0. The van der Waals surface area contributed by atoms with Crippen molar-refractivity contribution < 1.29 is 0 Å². The molecule has 0 saturated carbocycles. The number of nitrogens with two attached hydrogens (primary N) is 2. The lowest BCUT2D eigenvalue weighted by Crippen LogP contribution is -2.34. The molecule has 0 heterocycles. The van der Waals surface area contributed by atoms with Crippen LogP contribution in [0, 0.1) is 0 Å². The van der Waals surface area contributed by atoms with Crippen LogP contribution in [0.2, 0.25) is 0 Å². The summed E-state index contributed by atoms with van der Waals surface area (Å²) in [6.45, 7) is 6.12. The molecule has 0 aliphatic carbocycles. The second kappa shape index (κ2) is 10.4. The predicted molar refractivity (Wildman–Crippen MR) is 67.0 cm³/mol. The first-order valence-electron chi connectivity index (χ1n) is 5.98. The highest BCUT2D eigenvalue weighted by molar-refractivity contribution is 4.60. The molecule has 0 rings (SSSR count). The zero-order valence-corrected chi connectivity index (χ0v) is 10.4. The molecular formula is C11H28N4. The fourth-order valence-corrected chi connectivity index (χ4v) is 1.47. The van der Waals surface area contributed by atoms with Gasteiger partial charge in [-0.2, -0.15) is 0 Å². The number of nitrogens with zero attached hydrogens (tertiary/aromatic N) is 2. The first-order chi connectivity index (χ1) is 7.20. The van der Waals surface area contributed by atoms with Gasteiger partial charge >= 0.3 is 0 Å². The van der Waals surface area contributed by atoms with E-state index in [4.69, 9.17) is 11.5 Å². The van der Waals surface area contributed by atoms with Gasteiger partial charge in [0.1, 0.15) is 0 Å². The molecule has 15 heavy (non-hydrogen) atoms. The Morgan fingerprint density at radius 1 is 0.733 bits per heavy atom. The van der Waals surface area contributed by atoms with E-state index in [1.165, 1.54) is 6.42 Å². The molecule has 0 aromatic carbocycles. The fourth-order valence-electron chi connectivity index (χ4n) is 1.47. The molecular weight excluding hydrogens is 188 g/mol. The van der Waals surface area contributed by atoms with Crippen LogP contribution >= 0.6 is 0 Å². The Kier molecular flexibility index (Phi) is 10.3. The van der Waals surface area contributed by atoms with Crippen LogP contribution in [-0.4, -0.2) is 63.2 Å². The molecule has 4 N–H and O–H groups in total. The van der Waals surface area contributed by atoms with Gasteiger partial charge in [-0.15, -0.1) is 0 Å². The van der Waals surface area contributed by atoms with Gasteiger partial charge < -0.3 is 21.3 Å². The summed E-state index contributed by atoms with van der Waals surface area (Å²) in [6.07, 6.45) is 3.42. The van der Waals surface area contributed by atoms with E-state index in [9.17, 15) is 0 Å². The molecule has 0 fully saturated rings. The highest BCUT2D eigenvalue weighted by Crippen LogP contribution is 1.96. The van der Waals surface area contributed by atoms with E-state index in [1.54, 1.807) is 0 Å². The zero-order chi connectivity index (χ0) is 11.5. The number of hydrogen-bond acceptors (Lipinski definition) is 4. The first kappa shape index (κ1) is 14.8. The third kappa shape index (κ3) is 10.1. The summed E-state index contributed by atoms with van der Waals surface area (Å²) in [5.74, 6) is 0. The minimum absolute atomic E-state index is 0.787. The fraction of sp³-hybridized carbons (Fsp3) is 1.00. The second-order valence-corrected chi connectivity index (χ2v) is 4.28. The normalized spacial score (nSPS) is 11.6. The van der Waals surface area contributed by atoms with Gasteiger partial charge in [0.05, 0.1) is 0 Å². The molecule has 0 atom stereocenters. The summed E-state index contributed by atoms with van der Waals surface area (Å²) in [4.78, 5) is 4.71. The number of likely N-dealkylation sites (N-methyl/N-ethyl adjacent to an activating group) is 1. The standard InChI is InChI=1S/C11H28N4/c1-14(2)10-11-15(9-5-7-13)8-4-3-6-12/h3-13H2,1-2H3. The Labute approximate surface area is 94.6 Å². The Hall–Kier alpha value is -0.160. The minimum Gasteiger partial charge on any atom is -0.330 e. The van der Waals surface area contributed by atoms with Crippen LogP contribution < -0.4 is 11.5 Å². The maximum Gasteiger partial charge on any atom is 0.0109 e. The van der Waals surface area contributed by atoms with E-state index >= 15 is 0 Å². The first-order valence-corrected chi connectivity index (χ1v) is 5.98. The average molecular weight is 216 g/mol. The Balaban J connectivity index is 3.63. The minimum atomic E-state index is 0.787. The molecule has 0 bridgehead atoms. The van der Waals surface area contributed by atoms with Crippen LogP contribution in [0.1, 0.15) is 19.3 Å². The molecule has 0 saturated heterocycles. The van der Waals surface area contributed by atoms with E-state index < -0.39 is 0 Å². The quantitative estimate of drug-likeness (QED) is 0.502. The number of rotatable bonds is 10. The Morgan fingerprint density at radius 2 is 1.33 bits per heavy atom. The van der Waals surface area contributed by atoms with Crippen LogP contribution in [0.4, 0.5) is 0 Å². The monoisotopic (exact) mass is 216 g/mol. The summed E-state index contributed by atoms with van der Waals surface area (Å²) >= 11 is 0. The van der Waals surface area contributed by atoms with Crippen LogP contribution in [0.25, 0.3) is 0 Å². The predicted octanol–water partition coefficient (Wildman–Crippen LogP) is -0.0623. The van der Waals surface area contributed by atoms with Gasteiger partial charge in [-0.05, 0) is 59.5 Å². The SMILES string of the molecule is CN(C)CCN(CCCN)CCCCN. The van der Waals surface area contributed by atoms with E-state index in [2.05, 4.69) is 23.9 Å². The molecule has 0 amide bonds. The molecule has 4 heteroatoms. The summed E-state index contributed by atoms with van der Waals surface area (Å²) in [5, 5.41) is 0. The van der Waals surface area contributed by atoms with Crippen LogP contribution in [0.15, 0.2) is 0 Å². The molecule has 0 unspecified atom stereocenters. The van der Waals surface area contributed by atoms with Gasteiger partial charge in [-0.3, -0.25) is 0 Å². The van der Waals surface area contributed by atoms with Crippen molar-refractivity contribution in [2.75, 3.05) is 53.4 Å². The van der Waals surface area contributed by atoms with E-state index in [1.807, 2.05) is 0 Å². The van der Waals surface area contributed by atoms with Crippen molar-refractivity contribution in [3.63, 3.8) is 0 Å². The summed E-state index contributed by atoms with van der Waals surface area (Å²) in [5.41, 5.74) is 11.0. The smallest absolute Gasteiger partial charge is 0.0109 e. The molecule has 4 nitrogen and oxygen atoms in total. The lowest BCUT2D eigenvalue weighted by Gasteiger charge is -2.23. The summed E-state index contributed by atoms with van der Waals surface area (Å²) in [7, 11) is 4.22. The van der Waals surface area contributed by atoms with Crippen molar-refractivity contribution >= 4 is 0 Å². The maximum absolute atomic E-state index is 5.53. The van der Waals surface area contributed by atoms with Crippen molar-refractivity contribution in [1.29, 1.82) is 0 Å². The molecule has 0 spiro atoms. The molecule has 0 aliphatic rings. The highest BCUT2D eigenvalue weighted by Gasteiger charge is 2.04. The third-order valence-corrected chi connectivity index (χ3v) is 2.47. The lowest BCUT2D eigenvalue weighted by molar-refractivity contribution is 0.236. The van der Waals surface area contributed by atoms with Crippen LogP contribution in [0.3, 0.4) is 0 Å². The van der Waals surface area contributed by atoms with Gasteiger partial charge in [-0.1, -0.05) is 0 Å². The van der Waals surface area contributed by atoms with Crippen molar-refractivity contribution in [2.45, 2.75) is 19.3 Å². The highest BCUT2D eigenvalue weighted by atomic mass is 15.2. The topological polar surface area (TPSA) is 58.5 Å². The lowest BCUT2D eigenvalue weighted by atomic mass is 10.2. The average Bonchev–Trinajstić information content (AvgIpc) is 2.21. The van der Waals surface area contributed by atoms with Gasteiger partial charge in [0.25, 0.3) is 0 Å². The third-order valence-electron chi connectivity index (χ3n) is 2.47. The number of hydrogen-bond donors (Lipinski definition) is 2. The zero-order valence-electron chi connectivity index (χ0n) is 10.4. The Bertz CT molecular complexity index is 128. The van der Waals surface area contributed by atoms with Crippen molar-refractivity contribution in [3.05, 3.63) is 0 Å². The van der Waals surface area contributed by atoms with E-state index in [-0.39, 0.29) is 0 Å². The largest absolute Gasteiger partial charge is 0.330 e. The summed E-state index contributed by atoms with van der Waals surface area (Å²) < 4.78 is 0. The van der Waals surface area contributed by atoms with Gasteiger partial charge in [0, 0.05) is 13.1 Å².